The topological polar surface area (TPSA) is 74.6 Å². The molecule has 0 fully saturated rings. The monoisotopic (exact) mass is 256 g/mol. The van der Waals surface area contributed by atoms with Gasteiger partial charge in [0.1, 0.15) is 0 Å². The van der Waals surface area contributed by atoms with Gasteiger partial charge in [0, 0.05) is 0 Å². The molecule has 0 aliphatic heterocycles. The molecule has 13 heavy (non-hydrogen) atoms. The maximum Gasteiger partial charge on any atom is 0.305 e. The molecule has 0 saturated carbocycles. The zero-order valence-electron chi connectivity index (χ0n) is 8.27. The molecule has 0 aromatic carbocycles. The summed E-state index contributed by atoms with van der Waals surface area (Å²) in [5.41, 5.74) is 0. The smallest absolute Gasteiger partial charge is 0.305 e. The van der Waals surface area contributed by atoms with E-state index in [-0.39, 0.29) is 28.8 Å². The Morgan fingerprint density at radius 1 is 0.846 bits per heavy atom. The predicted octanol–water partition coefficient (Wildman–Crippen LogP) is 2.03. The minimum Gasteiger partial charge on any atom is -0.481 e. The first kappa shape index (κ1) is 18.3. The molecule has 0 aliphatic carbocycles. The molecule has 0 aliphatic rings. The number of carbonyl (C=O) groups is 2. The van der Waals surface area contributed by atoms with Crippen LogP contribution >= 0.6 is 17.0 Å². The summed E-state index contributed by atoms with van der Waals surface area (Å²) in [4.78, 5) is 19.4. The van der Waals surface area contributed by atoms with E-state index in [0.717, 1.165) is 0 Å². The summed E-state index contributed by atoms with van der Waals surface area (Å²) in [6.07, 6.45) is 0. The fraction of sp³-hybridized carbons (Fsp3) is 0.750. The van der Waals surface area contributed by atoms with E-state index >= 15 is 0 Å². The molecule has 4 nitrogen and oxygen atoms in total. The zero-order chi connectivity index (χ0) is 10.3. The first-order valence-corrected chi connectivity index (χ1v) is 3.74. The number of carboxylic acid groups (broad SMARTS) is 2. The first-order chi connectivity index (χ1) is 5.29. The van der Waals surface area contributed by atoms with Gasteiger partial charge in [-0.2, -0.15) is 0 Å². The zero-order valence-corrected chi connectivity index (χ0v) is 9.99. The lowest BCUT2D eigenvalue weighted by molar-refractivity contribution is -0.141. The molecule has 0 spiro atoms. The standard InChI is InChI=1S/2C4H8O2.BrH/c2*1-3(2)4(5)6;/h2*3H,1-2H3,(H,5,6);1H. The van der Waals surface area contributed by atoms with Crippen molar-refractivity contribution in [2.75, 3.05) is 0 Å². The van der Waals surface area contributed by atoms with Crippen LogP contribution in [-0.4, -0.2) is 22.2 Å². The van der Waals surface area contributed by atoms with Gasteiger partial charge in [0.05, 0.1) is 11.8 Å². The molecule has 80 valence electrons. The third-order valence-corrected chi connectivity index (χ3v) is 0.988. The van der Waals surface area contributed by atoms with E-state index in [2.05, 4.69) is 0 Å². The lowest BCUT2D eigenvalue weighted by Gasteiger charge is -1.89. The van der Waals surface area contributed by atoms with Crippen molar-refractivity contribution >= 4 is 28.9 Å². The Morgan fingerprint density at radius 2 is 0.923 bits per heavy atom. The van der Waals surface area contributed by atoms with Crippen molar-refractivity contribution in [3.8, 4) is 0 Å². The Labute approximate surface area is 88.7 Å². The van der Waals surface area contributed by atoms with Crippen molar-refractivity contribution in [3.05, 3.63) is 0 Å². The van der Waals surface area contributed by atoms with E-state index in [0.29, 0.717) is 0 Å². The highest BCUT2D eigenvalue weighted by atomic mass is 79.9. The molecule has 0 aromatic rings. The summed E-state index contributed by atoms with van der Waals surface area (Å²) < 4.78 is 0. The highest BCUT2D eigenvalue weighted by molar-refractivity contribution is 8.93. The van der Waals surface area contributed by atoms with Gasteiger partial charge in [-0.1, -0.05) is 27.7 Å². The summed E-state index contributed by atoms with van der Waals surface area (Å²) in [6.45, 7) is 6.56. The van der Waals surface area contributed by atoms with Crippen molar-refractivity contribution in [1.29, 1.82) is 0 Å². The van der Waals surface area contributed by atoms with Crippen molar-refractivity contribution in [3.63, 3.8) is 0 Å². The van der Waals surface area contributed by atoms with Crippen molar-refractivity contribution in [2.45, 2.75) is 27.7 Å². The number of rotatable bonds is 2. The van der Waals surface area contributed by atoms with E-state index in [1.807, 2.05) is 0 Å². The second-order valence-corrected chi connectivity index (χ2v) is 2.99. The largest absolute Gasteiger partial charge is 0.481 e. The third kappa shape index (κ3) is 18.4. The fourth-order valence-corrected chi connectivity index (χ4v) is 0. The van der Waals surface area contributed by atoms with Crippen LogP contribution < -0.4 is 0 Å². The molecule has 0 saturated heterocycles. The van der Waals surface area contributed by atoms with Gasteiger partial charge in [0.2, 0.25) is 0 Å². The van der Waals surface area contributed by atoms with Crippen molar-refractivity contribution in [2.24, 2.45) is 11.8 Å². The van der Waals surface area contributed by atoms with Gasteiger partial charge < -0.3 is 10.2 Å². The molecule has 0 rings (SSSR count). The normalized spacial score (nSPS) is 8.46. The maximum atomic E-state index is 9.70. The molecule has 0 bridgehead atoms. The number of halogens is 1. The van der Waals surface area contributed by atoms with Crippen LogP contribution in [0.5, 0.6) is 0 Å². The molecule has 0 radical (unpaired) electrons. The van der Waals surface area contributed by atoms with E-state index < -0.39 is 11.9 Å². The van der Waals surface area contributed by atoms with E-state index in [1.54, 1.807) is 27.7 Å². The van der Waals surface area contributed by atoms with Crippen LogP contribution in [0.3, 0.4) is 0 Å². The summed E-state index contributed by atoms with van der Waals surface area (Å²) in [5, 5.41) is 16.0. The molecule has 5 heteroatoms. The molecular formula is C8H17BrO4. The maximum absolute atomic E-state index is 9.70. The van der Waals surface area contributed by atoms with Gasteiger partial charge in [-0.3, -0.25) is 9.59 Å². The van der Waals surface area contributed by atoms with Gasteiger partial charge in [0.15, 0.2) is 0 Å². The Bertz CT molecular complexity index is 136. The minimum atomic E-state index is -0.741. The Hall–Kier alpha value is -0.580. The van der Waals surface area contributed by atoms with Crippen LogP contribution in [0.15, 0.2) is 0 Å². The summed E-state index contributed by atoms with van der Waals surface area (Å²) >= 11 is 0. The van der Waals surface area contributed by atoms with Gasteiger partial charge in [-0.15, -0.1) is 17.0 Å². The van der Waals surface area contributed by atoms with Crippen molar-refractivity contribution < 1.29 is 19.8 Å². The first-order valence-electron chi connectivity index (χ1n) is 3.74. The number of hydrogen-bond acceptors (Lipinski definition) is 2. The molecule has 0 aromatic heterocycles. The lowest BCUT2D eigenvalue weighted by atomic mass is 10.2. The van der Waals surface area contributed by atoms with Gasteiger partial charge in [-0.05, 0) is 0 Å². The molecule has 0 atom stereocenters. The molecule has 0 unspecified atom stereocenters. The van der Waals surface area contributed by atoms with Crippen LogP contribution in [0.25, 0.3) is 0 Å². The summed E-state index contributed by atoms with van der Waals surface area (Å²) in [5.74, 6) is -1.94. The molecular weight excluding hydrogens is 240 g/mol. The minimum absolute atomic E-state index is 0. The number of aliphatic carboxylic acids is 2. The lowest BCUT2D eigenvalue weighted by Crippen LogP contribution is -2.03. The average Bonchev–Trinajstić information content (AvgIpc) is 1.88. The SMILES string of the molecule is Br.CC(C)C(=O)O.CC(C)C(=O)O. The van der Waals surface area contributed by atoms with Crippen LogP contribution in [0.1, 0.15) is 27.7 Å². The second kappa shape index (κ2) is 9.51. The summed E-state index contributed by atoms with van der Waals surface area (Å²) in [7, 11) is 0. The third-order valence-electron chi connectivity index (χ3n) is 0.988. The van der Waals surface area contributed by atoms with Crippen LogP contribution in [0.2, 0.25) is 0 Å². The Balaban J connectivity index is -0.000000143. The average molecular weight is 257 g/mol. The molecule has 2 N–H and O–H groups in total. The molecule has 0 heterocycles. The van der Waals surface area contributed by atoms with Crippen LogP contribution in [-0.2, 0) is 9.59 Å². The van der Waals surface area contributed by atoms with E-state index in [1.165, 1.54) is 0 Å². The second-order valence-electron chi connectivity index (χ2n) is 2.99. The number of hydrogen-bond donors (Lipinski definition) is 2. The van der Waals surface area contributed by atoms with Gasteiger partial charge in [-0.25, -0.2) is 0 Å². The van der Waals surface area contributed by atoms with E-state index in [4.69, 9.17) is 10.2 Å². The highest BCUT2D eigenvalue weighted by Gasteiger charge is 1.99. The van der Waals surface area contributed by atoms with E-state index in [9.17, 15) is 9.59 Å². The van der Waals surface area contributed by atoms with Crippen LogP contribution in [0, 0.1) is 11.8 Å². The fourth-order valence-electron chi connectivity index (χ4n) is 0. The predicted molar refractivity (Wildman–Crippen MR) is 55.3 cm³/mol. The number of carboxylic acids is 2. The Morgan fingerprint density at radius 3 is 0.923 bits per heavy atom. The van der Waals surface area contributed by atoms with Crippen LogP contribution in [0.4, 0.5) is 0 Å². The summed E-state index contributed by atoms with van der Waals surface area (Å²) in [6, 6.07) is 0. The molecule has 0 amide bonds. The quantitative estimate of drug-likeness (QED) is 0.793. The van der Waals surface area contributed by atoms with Crippen molar-refractivity contribution in [1.82, 2.24) is 0 Å². The van der Waals surface area contributed by atoms with Gasteiger partial charge in [0.25, 0.3) is 0 Å². The highest BCUT2D eigenvalue weighted by Crippen LogP contribution is 1.87. The Kier molecular flexibility index (Phi) is 13.3. The van der Waals surface area contributed by atoms with Gasteiger partial charge >= 0.3 is 11.9 Å².